The number of rotatable bonds is 3. The van der Waals surface area contributed by atoms with Crippen molar-refractivity contribution in [3.05, 3.63) is 10.9 Å². The van der Waals surface area contributed by atoms with Gasteiger partial charge in [-0.25, -0.2) is 4.79 Å². The summed E-state index contributed by atoms with van der Waals surface area (Å²) in [6.45, 7) is 0. The van der Waals surface area contributed by atoms with Gasteiger partial charge in [0, 0.05) is 6.07 Å². The summed E-state index contributed by atoms with van der Waals surface area (Å²) in [5.74, 6) is -3.63. The first-order chi connectivity index (χ1) is 6.54. The van der Waals surface area contributed by atoms with E-state index in [-0.39, 0.29) is 26.6 Å². The predicted molar refractivity (Wildman–Crippen MR) is 49.2 cm³/mol. The molecule has 1 aromatic rings. The molecule has 0 saturated heterocycles. The van der Waals surface area contributed by atoms with E-state index in [1.54, 1.807) is 0 Å². The molecule has 14 heavy (non-hydrogen) atoms. The molecule has 0 fully saturated rings. The summed E-state index contributed by atoms with van der Waals surface area (Å²) < 4.78 is 28.4. The monoisotopic (exact) mass is 240 g/mol. The average Bonchev–Trinajstić information content (AvgIpc) is 2.44. The van der Waals surface area contributed by atoms with Crippen LogP contribution in [0.3, 0.4) is 0 Å². The summed E-state index contributed by atoms with van der Waals surface area (Å²) in [6, 6.07) is 1.12. The van der Waals surface area contributed by atoms with E-state index < -0.39 is 11.7 Å². The van der Waals surface area contributed by atoms with E-state index in [4.69, 9.17) is 0 Å². The van der Waals surface area contributed by atoms with Gasteiger partial charge in [-0.15, -0.1) is 11.3 Å². The standard InChI is InChI=1S/C7H6F2O3S2/c1-12-6(11)5-3(10)2-4(13-5)14-7(8)9/h2,7,10H,1H3. The van der Waals surface area contributed by atoms with Crippen molar-refractivity contribution in [1.82, 2.24) is 0 Å². The topological polar surface area (TPSA) is 46.5 Å². The second kappa shape index (κ2) is 4.61. The molecule has 0 aliphatic carbocycles. The maximum absolute atomic E-state index is 11.9. The van der Waals surface area contributed by atoms with Gasteiger partial charge in [-0.05, 0) is 11.8 Å². The van der Waals surface area contributed by atoms with Gasteiger partial charge >= 0.3 is 5.97 Å². The van der Waals surface area contributed by atoms with Crippen molar-refractivity contribution in [2.45, 2.75) is 9.97 Å². The lowest BCUT2D eigenvalue weighted by Crippen LogP contribution is -1.97. The van der Waals surface area contributed by atoms with Crippen molar-refractivity contribution in [1.29, 1.82) is 0 Å². The van der Waals surface area contributed by atoms with Gasteiger partial charge in [0.05, 0.1) is 11.3 Å². The van der Waals surface area contributed by atoms with Gasteiger partial charge in [-0.1, -0.05) is 0 Å². The van der Waals surface area contributed by atoms with E-state index in [1.807, 2.05) is 0 Å². The number of thiophene rings is 1. The van der Waals surface area contributed by atoms with E-state index in [2.05, 4.69) is 4.74 Å². The minimum Gasteiger partial charge on any atom is -0.506 e. The second-order valence-electron chi connectivity index (χ2n) is 2.15. The summed E-state index contributed by atoms with van der Waals surface area (Å²) in [4.78, 5) is 10.9. The summed E-state index contributed by atoms with van der Waals surface area (Å²) >= 11 is 1.06. The minimum absolute atomic E-state index is 0.0596. The normalized spacial score (nSPS) is 10.6. The molecule has 7 heteroatoms. The molecule has 0 amide bonds. The number of hydrogen-bond donors (Lipinski definition) is 1. The third-order valence-corrected chi connectivity index (χ3v) is 3.23. The zero-order chi connectivity index (χ0) is 10.7. The van der Waals surface area contributed by atoms with Crippen LogP contribution in [0.1, 0.15) is 9.67 Å². The molecular weight excluding hydrogens is 234 g/mol. The highest BCUT2D eigenvalue weighted by Crippen LogP contribution is 2.37. The number of hydrogen-bond acceptors (Lipinski definition) is 5. The molecule has 1 N–H and O–H groups in total. The molecule has 0 bridgehead atoms. The van der Waals surface area contributed by atoms with E-state index in [1.165, 1.54) is 0 Å². The maximum atomic E-state index is 11.9. The van der Waals surface area contributed by atoms with Crippen LogP contribution >= 0.6 is 23.1 Å². The fourth-order valence-electron chi connectivity index (χ4n) is 0.744. The van der Waals surface area contributed by atoms with Gasteiger partial charge in [-0.3, -0.25) is 0 Å². The Morgan fingerprint density at radius 1 is 1.71 bits per heavy atom. The van der Waals surface area contributed by atoms with Gasteiger partial charge in [0.15, 0.2) is 4.88 Å². The molecule has 0 spiro atoms. The number of thioether (sulfide) groups is 1. The van der Waals surface area contributed by atoms with E-state index in [0.29, 0.717) is 0 Å². The third-order valence-electron chi connectivity index (χ3n) is 1.27. The van der Waals surface area contributed by atoms with Crippen LogP contribution < -0.4 is 0 Å². The van der Waals surface area contributed by atoms with Crippen molar-refractivity contribution in [2.24, 2.45) is 0 Å². The van der Waals surface area contributed by atoms with Crippen LogP contribution in [-0.4, -0.2) is 23.9 Å². The maximum Gasteiger partial charge on any atom is 0.351 e. The fraction of sp³-hybridized carbons (Fsp3) is 0.286. The van der Waals surface area contributed by atoms with Crippen molar-refractivity contribution in [2.75, 3.05) is 7.11 Å². The fourth-order valence-corrected chi connectivity index (χ4v) is 2.46. The average molecular weight is 240 g/mol. The molecule has 3 nitrogen and oxygen atoms in total. The Morgan fingerprint density at radius 2 is 2.36 bits per heavy atom. The van der Waals surface area contributed by atoms with E-state index in [9.17, 15) is 18.7 Å². The largest absolute Gasteiger partial charge is 0.506 e. The quantitative estimate of drug-likeness (QED) is 0.651. The molecule has 0 atom stereocenters. The van der Waals surface area contributed by atoms with Gasteiger partial charge in [-0.2, -0.15) is 8.78 Å². The highest BCUT2D eigenvalue weighted by Gasteiger charge is 2.18. The van der Waals surface area contributed by atoms with Gasteiger partial charge < -0.3 is 9.84 Å². The van der Waals surface area contributed by atoms with Crippen LogP contribution in [0, 0.1) is 0 Å². The van der Waals surface area contributed by atoms with Gasteiger partial charge in [0.25, 0.3) is 5.76 Å². The zero-order valence-electron chi connectivity index (χ0n) is 6.99. The SMILES string of the molecule is COC(=O)c1sc(SC(F)F)cc1O. The zero-order valence-corrected chi connectivity index (χ0v) is 8.62. The predicted octanol–water partition coefficient (Wildman–Crippen LogP) is 2.56. The first kappa shape index (κ1) is 11.3. The molecule has 0 radical (unpaired) electrons. The van der Waals surface area contributed by atoms with Crippen LogP contribution in [0.2, 0.25) is 0 Å². The molecule has 0 aliphatic rings. The molecule has 0 unspecified atom stereocenters. The van der Waals surface area contributed by atoms with E-state index >= 15 is 0 Å². The van der Waals surface area contributed by atoms with Crippen molar-refractivity contribution in [3.8, 4) is 5.75 Å². The highest BCUT2D eigenvalue weighted by atomic mass is 32.2. The molecule has 78 valence electrons. The lowest BCUT2D eigenvalue weighted by Gasteiger charge is -1.94. The number of esters is 1. The molecule has 0 aromatic carbocycles. The van der Waals surface area contributed by atoms with Crippen molar-refractivity contribution < 1.29 is 23.4 Å². The van der Waals surface area contributed by atoms with Crippen LogP contribution in [0.25, 0.3) is 0 Å². The summed E-state index contributed by atoms with van der Waals surface area (Å²) in [6.07, 6.45) is 0. The number of carbonyl (C=O) groups excluding carboxylic acids is 1. The molecular formula is C7H6F2O3S2. The lowest BCUT2D eigenvalue weighted by atomic mass is 10.4. The molecule has 1 heterocycles. The molecule has 0 saturated carbocycles. The van der Waals surface area contributed by atoms with Crippen LogP contribution in [0.5, 0.6) is 5.75 Å². The minimum atomic E-state index is -2.57. The molecule has 1 aromatic heterocycles. The first-order valence-corrected chi connectivity index (χ1v) is 5.10. The smallest absolute Gasteiger partial charge is 0.351 e. The van der Waals surface area contributed by atoms with Gasteiger partial charge in [0.1, 0.15) is 5.75 Å². The third kappa shape index (κ3) is 2.58. The number of halogens is 2. The van der Waals surface area contributed by atoms with Crippen molar-refractivity contribution in [3.63, 3.8) is 0 Å². The molecule has 1 rings (SSSR count). The Bertz CT molecular complexity index is 338. The van der Waals surface area contributed by atoms with E-state index in [0.717, 1.165) is 24.5 Å². The van der Waals surface area contributed by atoms with Crippen molar-refractivity contribution >= 4 is 29.1 Å². The summed E-state index contributed by atoms with van der Waals surface area (Å²) in [5.41, 5.74) is 0. The Labute approximate surface area is 86.7 Å². The summed E-state index contributed by atoms with van der Waals surface area (Å²) in [5, 5.41) is 9.20. The number of aromatic hydroxyl groups is 1. The Hall–Kier alpha value is -0.820. The second-order valence-corrected chi connectivity index (χ2v) is 4.49. The Kier molecular flexibility index (Phi) is 3.70. The number of ether oxygens (including phenoxy) is 1. The lowest BCUT2D eigenvalue weighted by molar-refractivity contribution is 0.0603. The molecule has 0 aliphatic heterocycles. The Balaban J connectivity index is 2.87. The Morgan fingerprint density at radius 3 is 2.86 bits per heavy atom. The van der Waals surface area contributed by atoms with Gasteiger partial charge in [0.2, 0.25) is 0 Å². The highest BCUT2D eigenvalue weighted by molar-refractivity contribution is 8.01. The number of methoxy groups -OCH3 is 1. The summed E-state index contributed by atoms with van der Waals surface area (Å²) in [7, 11) is 1.15. The van der Waals surface area contributed by atoms with Crippen LogP contribution in [0.4, 0.5) is 8.78 Å². The first-order valence-electron chi connectivity index (χ1n) is 3.40. The van der Waals surface area contributed by atoms with Crippen LogP contribution in [0.15, 0.2) is 10.3 Å². The van der Waals surface area contributed by atoms with Crippen LogP contribution in [-0.2, 0) is 4.74 Å². The number of alkyl halides is 2. The number of carbonyl (C=O) groups is 1.